The molecule has 2 heterocycles. The maximum atomic E-state index is 12.0. The third kappa shape index (κ3) is 5.94. The van der Waals surface area contributed by atoms with E-state index >= 15 is 0 Å². The number of aryl methyl sites for hydroxylation is 1. The lowest BCUT2D eigenvalue weighted by molar-refractivity contribution is 0.0463. The van der Waals surface area contributed by atoms with Gasteiger partial charge in [-0.2, -0.15) is 0 Å². The van der Waals surface area contributed by atoms with Crippen molar-refractivity contribution in [2.45, 2.75) is 65.6 Å². The lowest BCUT2D eigenvalue weighted by Gasteiger charge is -2.28. The summed E-state index contributed by atoms with van der Waals surface area (Å²) in [5.41, 5.74) is 0.715. The number of carbonyl (C=O) groups excluding carboxylic acids is 2. The molecule has 8 nitrogen and oxygen atoms in total. The lowest BCUT2D eigenvalue weighted by atomic mass is 10.0. The Morgan fingerprint density at radius 2 is 1.89 bits per heavy atom. The van der Waals surface area contributed by atoms with Crippen LogP contribution in [0, 0.1) is 0 Å². The van der Waals surface area contributed by atoms with Gasteiger partial charge < -0.3 is 19.4 Å². The standard InChI is InChI=1S/C19H28N4O4/c1-7-26-16(24)13-10-15-14(11-20-13)21-12-23(15)9-8-19(5,6)22-17(25)27-18(2,3)4/h10-12H,7-9H2,1-6H3,(H,22,25). The van der Waals surface area contributed by atoms with Gasteiger partial charge in [0.2, 0.25) is 0 Å². The Hall–Kier alpha value is -2.64. The van der Waals surface area contributed by atoms with E-state index in [4.69, 9.17) is 9.47 Å². The number of esters is 1. The zero-order valence-corrected chi connectivity index (χ0v) is 16.8. The smallest absolute Gasteiger partial charge is 0.408 e. The fourth-order valence-corrected chi connectivity index (χ4v) is 2.50. The average molecular weight is 376 g/mol. The minimum absolute atomic E-state index is 0.247. The molecule has 2 aromatic rings. The van der Waals surface area contributed by atoms with Crippen molar-refractivity contribution in [3.63, 3.8) is 0 Å². The zero-order chi connectivity index (χ0) is 20.2. The molecule has 0 aliphatic heterocycles. The van der Waals surface area contributed by atoms with Crippen molar-refractivity contribution >= 4 is 23.1 Å². The summed E-state index contributed by atoms with van der Waals surface area (Å²) in [5.74, 6) is -0.459. The number of carbonyl (C=O) groups is 2. The molecular weight excluding hydrogens is 348 g/mol. The molecule has 0 bridgehead atoms. The number of rotatable bonds is 6. The highest BCUT2D eigenvalue weighted by molar-refractivity contribution is 5.91. The molecule has 0 aromatic carbocycles. The van der Waals surface area contributed by atoms with Gasteiger partial charge in [-0.15, -0.1) is 0 Å². The molecule has 0 fully saturated rings. The van der Waals surface area contributed by atoms with Crippen LogP contribution in [0.25, 0.3) is 11.0 Å². The van der Waals surface area contributed by atoms with Crippen LogP contribution in [0.4, 0.5) is 4.79 Å². The number of alkyl carbamates (subject to hydrolysis) is 1. The minimum atomic E-state index is -0.544. The first-order valence-corrected chi connectivity index (χ1v) is 9.00. The number of nitrogens with one attached hydrogen (secondary N) is 1. The number of fused-ring (bicyclic) bond motifs is 1. The van der Waals surface area contributed by atoms with Crippen molar-refractivity contribution in [2.24, 2.45) is 0 Å². The van der Waals surface area contributed by atoms with Crippen LogP contribution in [-0.2, 0) is 16.0 Å². The van der Waals surface area contributed by atoms with E-state index in [0.29, 0.717) is 25.1 Å². The highest BCUT2D eigenvalue weighted by atomic mass is 16.6. The largest absolute Gasteiger partial charge is 0.461 e. The van der Waals surface area contributed by atoms with Gasteiger partial charge in [0.25, 0.3) is 0 Å². The number of nitrogens with zero attached hydrogens (tertiary/aromatic N) is 3. The molecule has 148 valence electrons. The predicted molar refractivity (Wildman–Crippen MR) is 102 cm³/mol. The summed E-state index contributed by atoms with van der Waals surface area (Å²) in [6.45, 7) is 12.0. The second-order valence-electron chi connectivity index (χ2n) is 7.98. The monoisotopic (exact) mass is 376 g/mol. The molecule has 0 unspecified atom stereocenters. The third-order valence-corrected chi connectivity index (χ3v) is 3.81. The van der Waals surface area contributed by atoms with E-state index in [1.54, 1.807) is 25.5 Å². The number of pyridine rings is 1. The van der Waals surface area contributed by atoms with Crippen molar-refractivity contribution in [1.29, 1.82) is 0 Å². The number of aromatic nitrogens is 3. The molecule has 0 spiro atoms. The number of ether oxygens (including phenoxy) is 2. The summed E-state index contributed by atoms with van der Waals surface area (Å²) in [7, 11) is 0. The molecule has 0 atom stereocenters. The highest BCUT2D eigenvalue weighted by Gasteiger charge is 2.24. The van der Waals surface area contributed by atoms with Crippen molar-refractivity contribution < 1.29 is 19.1 Å². The van der Waals surface area contributed by atoms with Crippen LogP contribution < -0.4 is 5.32 Å². The van der Waals surface area contributed by atoms with Crippen LogP contribution in [0.5, 0.6) is 0 Å². The molecule has 27 heavy (non-hydrogen) atoms. The van der Waals surface area contributed by atoms with E-state index in [2.05, 4.69) is 15.3 Å². The first kappa shape index (κ1) is 20.7. The van der Waals surface area contributed by atoms with Crippen LogP contribution in [0.2, 0.25) is 0 Å². The summed E-state index contributed by atoms with van der Waals surface area (Å²) >= 11 is 0. The maximum Gasteiger partial charge on any atom is 0.408 e. The first-order chi connectivity index (χ1) is 12.5. The summed E-state index contributed by atoms with van der Waals surface area (Å²) in [6.07, 6.45) is 3.46. The van der Waals surface area contributed by atoms with Gasteiger partial charge in [-0.3, -0.25) is 0 Å². The summed E-state index contributed by atoms with van der Waals surface area (Å²) in [6, 6.07) is 1.68. The molecule has 2 aromatic heterocycles. The van der Waals surface area contributed by atoms with Gasteiger partial charge in [-0.25, -0.2) is 19.6 Å². The van der Waals surface area contributed by atoms with E-state index in [0.717, 1.165) is 5.52 Å². The minimum Gasteiger partial charge on any atom is -0.461 e. The Labute approximate surface area is 159 Å². The molecule has 0 saturated carbocycles. The van der Waals surface area contributed by atoms with Gasteiger partial charge in [0.05, 0.1) is 24.6 Å². The van der Waals surface area contributed by atoms with Crippen molar-refractivity contribution in [3.05, 3.63) is 24.3 Å². The fourth-order valence-electron chi connectivity index (χ4n) is 2.50. The summed E-state index contributed by atoms with van der Waals surface area (Å²) in [4.78, 5) is 32.3. The Morgan fingerprint density at radius 1 is 1.19 bits per heavy atom. The average Bonchev–Trinajstić information content (AvgIpc) is 2.93. The normalized spacial score (nSPS) is 12.1. The molecule has 0 aliphatic rings. The second kappa shape index (κ2) is 7.94. The zero-order valence-electron chi connectivity index (χ0n) is 16.8. The maximum absolute atomic E-state index is 12.0. The third-order valence-electron chi connectivity index (χ3n) is 3.81. The van der Waals surface area contributed by atoms with Crippen molar-refractivity contribution in [1.82, 2.24) is 19.9 Å². The van der Waals surface area contributed by atoms with Crippen LogP contribution in [0.15, 0.2) is 18.6 Å². The van der Waals surface area contributed by atoms with Crippen LogP contribution in [0.1, 0.15) is 58.5 Å². The van der Waals surface area contributed by atoms with Crippen molar-refractivity contribution in [2.75, 3.05) is 6.61 Å². The Morgan fingerprint density at radius 3 is 2.52 bits per heavy atom. The quantitative estimate of drug-likeness (QED) is 0.777. The Bertz CT molecular complexity index is 821. The van der Waals surface area contributed by atoms with Gasteiger partial charge in [0.15, 0.2) is 5.69 Å². The molecule has 1 N–H and O–H groups in total. The van der Waals surface area contributed by atoms with Crippen LogP contribution >= 0.6 is 0 Å². The number of hydrogen-bond acceptors (Lipinski definition) is 6. The molecule has 0 radical (unpaired) electrons. The van der Waals surface area contributed by atoms with E-state index in [-0.39, 0.29) is 5.69 Å². The first-order valence-electron chi connectivity index (χ1n) is 9.00. The van der Waals surface area contributed by atoms with Gasteiger partial charge in [-0.1, -0.05) is 0 Å². The topological polar surface area (TPSA) is 95.3 Å². The molecule has 0 aliphatic carbocycles. The lowest BCUT2D eigenvalue weighted by Crippen LogP contribution is -2.46. The van der Waals surface area contributed by atoms with E-state index in [1.165, 1.54) is 0 Å². The number of imidazole rings is 1. The number of hydrogen-bond donors (Lipinski definition) is 1. The van der Waals surface area contributed by atoms with Gasteiger partial charge >= 0.3 is 12.1 Å². The van der Waals surface area contributed by atoms with E-state index < -0.39 is 23.2 Å². The molecule has 1 amide bonds. The van der Waals surface area contributed by atoms with Crippen molar-refractivity contribution in [3.8, 4) is 0 Å². The molecule has 8 heteroatoms. The molecule has 2 rings (SSSR count). The predicted octanol–water partition coefficient (Wildman–Crippen LogP) is 3.30. The van der Waals surface area contributed by atoms with Gasteiger partial charge in [-0.05, 0) is 54.0 Å². The van der Waals surface area contributed by atoms with Gasteiger partial charge in [0.1, 0.15) is 11.1 Å². The fraction of sp³-hybridized carbons (Fsp3) is 0.579. The summed E-state index contributed by atoms with van der Waals surface area (Å²) < 4.78 is 12.2. The van der Waals surface area contributed by atoms with E-state index in [1.807, 2.05) is 39.2 Å². The highest BCUT2D eigenvalue weighted by Crippen LogP contribution is 2.18. The molecule has 0 saturated heterocycles. The summed E-state index contributed by atoms with van der Waals surface area (Å²) in [5, 5.41) is 2.89. The number of amides is 1. The van der Waals surface area contributed by atoms with Crippen LogP contribution in [0.3, 0.4) is 0 Å². The van der Waals surface area contributed by atoms with Gasteiger partial charge in [0, 0.05) is 12.1 Å². The second-order valence-corrected chi connectivity index (χ2v) is 7.98. The Balaban J connectivity index is 2.08. The van der Waals surface area contributed by atoms with Crippen LogP contribution in [-0.4, -0.2) is 44.3 Å². The van der Waals surface area contributed by atoms with E-state index in [9.17, 15) is 9.59 Å². The SMILES string of the molecule is CCOC(=O)c1cc2c(cn1)ncn2CCC(C)(C)NC(=O)OC(C)(C)C. The Kier molecular flexibility index (Phi) is 6.08. The molecular formula is C19H28N4O4.